The number of aromatic nitrogens is 1. The van der Waals surface area contributed by atoms with E-state index < -0.39 is 25.8 Å². The molecule has 110 valence electrons. The first kappa shape index (κ1) is 14.9. The molecule has 2 rings (SSSR count). The number of sulfonamides is 1. The number of hydrogen-bond acceptors (Lipinski definition) is 5. The quantitative estimate of drug-likeness (QED) is 0.689. The maximum Gasteiger partial charge on any atom is 0.282 e. The molecule has 0 saturated heterocycles. The van der Waals surface area contributed by atoms with Gasteiger partial charge in [0, 0.05) is 12.3 Å². The number of halogens is 1. The first-order valence-electron chi connectivity index (χ1n) is 5.70. The Morgan fingerprint density at radius 2 is 2.00 bits per heavy atom. The summed E-state index contributed by atoms with van der Waals surface area (Å²) in [7, 11) is -4.27. The van der Waals surface area contributed by atoms with E-state index in [-0.39, 0.29) is 16.9 Å². The molecule has 1 N–H and O–H groups in total. The molecule has 0 spiro atoms. The van der Waals surface area contributed by atoms with Gasteiger partial charge in [-0.1, -0.05) is 6.07 Å². The first-order valence-corrected chi connectivity index (χ1v) is 7.18. The second-order valence-corrected chi connectivity index (χ2v) is 5.70. The summed E-state index contributed by atoms with van der Waals surface area (Å²) in [4.78, 5) is 13.7. The number of hydrogen-bond donors (Lipinski definition) is 1. The number of nitro groups is 1. The topological polar surface area (TPSA) is 102 Å². The van der Waals surface area contributed by atoms with Gasteiger partial charge in [-0.15, -0.1) is 0 Å². The van der Waals surface area contributed by atoms with E-state index in [0.717, 1.165) is 12.3 Å². The molecule has 0 saturated carbocycles. The lowest BCUT2D eigenvalue weighted by Gasteiger charge is -2.10. The molecule has 0 unspecified atom stereocenters. The largest absolute Gasteiger partial charge is 0.282 e. The Bertz CT molecular complexity index is 808. The molecule has 1 aromatic carbocycles. The molecule has 0 radical (unpaired) electrons. The molecule has 0 aliphatic rings. The van der Waals surface area contributed by atoms with Gasteiger partial charge in [0.15, 0.2) is 5.82 Å². The van der Waals surface area contributed by atoms with Crippen LogP contribution in [0.2, 0.25) is 0 Å². The Hall–Kier alpha value is -2.55. The Morgan fingerprint density at radius 1 is 1.29 bits per heavy atom. The summed E-state index contributed by atoms with van der Waals surface area (Å²) in [5, 5.41) is 10.1. The zero-order chi connectivity index (χ0) is 15.6. The highest BCUT2D eigenvalue weighted by Gasteiger charge is 2.23. The molecular formula is C12H10FN3O4S. The molecule has 21 heavy (non-hydrogen) atoms. The van der Waals surface area contributed by atoms with E-state index in [1.165, 1.54) is 31.2 Å². The van der Waals surface area contributed by atoms with Gasteiger partial charge in [0.25, 0.3) is 15.7 Å². The third-order valence-electron chi connectivity index (χ3n) is 2.73. The highest BCUT2D eigenvalue weighted by Crippen LogP contribution is 2.27. The van der Waals surface area contributed by atoms with Crippen molar-refractivity contribution in [1.29, 1.82) is 0 Å². The van der Waals surface area contributed by atoms with Gasteiger partial charge < -0.3 is 0 Å². The van der Waals surface area contributed by atoms with Crippen molar-refractivity contribution in [3.8, 4) is 0 Å². The van der Waals surface area contributed by atoms with Crippen LogP contribution in [-0.2, 0) is 10.0 Å². The van der Waals surface area contributed by atoms with Crippen LogP contribution in [0.5, 0.6) is 0 Å². The van der Waals surface area contributed by atoms with E-state index in [9.17, 15) is 22.9 Å². The van der Waals surface area contributed by atoms with E-state index in [0.29, 0.717) is 0 Å². The molecule has 1 aromatic heterocycles. The van der Waals surface area contributed by atoms with Gasteiger partial charge in [-0.2, -0.15) is 8.42 Å². The van der Waals surface area contributed by atoms with Crippen LogP contribution in [0.3, 0.4) is 0 Å². The van der Waals surface area contributed by atoms with Crippen molar-refractivity contribution in [1.82, 2.24) is 4.98 Å². The van der Waals surface area contributed by atoms with E-state index in [1.807, 2.05) is 0 Å². The van der Waals surface area contributed by atoms with Crippen LogP contribution in [0.1, 0.15) is 5.56 Å². The Balaban J connectivity index is 2.45. The van der Waals surface area contributed by atoms with Crippen molar-refractivity contribution in [3.63, 3.8) is 0 Å². The van der Waals surface area contributed by atoms with Crippen molar-refractivity contribution >= 4 is 21.4 Å². The minimum absolute atomic E-state index is 0.00532. The van der Waals surface area contributed by atoms with Crippen molar-refractivity contribution in [2.45, 2.75) is 11.9 Å². The second-order valence-electron chi connectivity index (χ2n) is 4.10. The summed E-state index contributed by atoms with van der Waals surface area (Å²) in [6.45, 7) is 1.39. The average Bonchev–Trinajstić information content (AvgIpc) is 2.41. The molecule has 0 bridgehead atoms. The Morgan fingerprint density at radius 3 is 2.62 bits per heavy atom. The smallest absolute Gasteiger partial charge is 0.278 e. The van der Waals surface area contributed by atoms with E-state index in [4.69, 9.17) is 0 Å². The van der Waals surface area contributed by atoms with Crippen LogP contribution >= 0.6 is 0 Å². The first-order chi connectivity index (χ1) is 9.83. The average molecular weight is 311 g/mol. The fourth-order valence-electron chi connectivity index (χ4n) is 1.69. The van der Waals surface area contributed by atoms with Crippen LogP contribution < -0.4 is 4.72 Å². The molecule has 0 fully saturated rings. The molecule has 1 heterocycles. The third-order valence-corrected chi connectivity index (χ3v) is 4.02. The van der Waals surface area contributed by atoms with Gasteiger partial charge in [0.2, 0.25) is 5.03 Å². The van der Waals surface area contributed by atoms with Crippen LogP contribution in [0, 0.1) is 22.9 Å². The zero-order valence-electron chi connectivity index (χ0n) is 10.8. The highest BCUT2D eigenvalue weighted by atomic mass is 32.2. The third kappa shape index (κ3) is 2.97. The molecular weight excluding hydrogens is 301 g/mol. The van der Waals surface area contributed by atoms with Gasteiger partial charge in [0.1, 0.15) is 0 Å². The van der Waals surface area contributed by atoms with Crippen molar-refractivity contribution in [2.75, 3.05) is 4.72 Å². The van der Waals surface area contributed by atoms with Crippen molar-refractivity contribution in [3.05, 3.63) is 58.0 Å². The summed E-state index contributed by atoms with van der Waals surface area (Å²) in [5.74, 6) is -1.01. The summed E-state index contributed by atoms with van der Waals surface area (Å²) < 4.78 is 39.8. The summed E-state index contributed by atoms with van der Waals surface area (Å²) in [6.07, 6.45) is 1.14. The van der Waals surface area contributed by atoms with E-state index in [2.05, 4.69) is 9.71 Å². The minimum Gasteiger partial charge on any atom is -0.278 e. The predicted octanol–water partition coefficient (Wildman–Crippen LogP) is 2.24. The van der Waals surface area contributed by atoms with Gasteiger partial charge >= 0.3 is 0 Å². The van der Waals surface area contributed by atoms with Gasteiger partial charge in [-0.05, 0) is 25.1 Å². The fourth-order valence-corrected chi connectivity index (χ4v) is 2.83. The standard InChI is InChI=1S/C12H10FN3O4S/c1-8-10(5-2-6-11(8)16(17)18)15-21(19,20)12-9(13)4-3-7-14-12/h2-7,15H,1H3. The summed E-state index contributed by atoms with van der Waals surface area (Å²) in [5.41, 5.74) is -0.117. The van der Waals surface area contributed by atoms with Gasteiger partial charge in [-0.25, -0.2) is 9.37 Å². The molecule has 0 atom stereocenters. The second kappa shape index (κ2) is 5.44. The summed E-state index contributed by atoms with van der Waals surface area (Å²) in [6, 6.07) is 6.14. The number of nitrogens with zero attached hydrogens (tertiary/aromatic N) is 2. The van der Waals surface area contributed by atoms with Gasteiger partial charge in [-0.3, -0.25) is 14.8 Å². The molecule has 0 amide bonds. The van der Waals surface area contributed by atoms with Crippen LogP contribution in [0.4, 0.5) is 15.8 Å². The van der Waals surface area contributed by atoms with Crippen LogP contribution in [0.15, 0.2) is 41.6 Å². The monoisotopic (exact) mass is 311 g/mol. The molecule has 0 aliphatic heterocycles. The molecule has 0 aliphatic carbocycles. The Labute approximate surface area is 119 Å². The number of anilines is 1. The van der Waals surface area contributed by atoms with Crippen molar-refractivity contribution in [2.24, 2.45) is 0 Å². The lowest BCUT2D eigenvalue weighted by molar-refractivity contribution is -0.385. The minimum atomic E-state index is -4.27. The zero-order valence-corrected chi connectivity index (χ0v) is 11.6. The number of nitro benzene ring substituents is 1. The highest BCUT2D eigenvalue weighted by molar-refractivity contribution is 7.92. The predicted molar refractivity (Wildman–Crippen MR) is 72.8 cm³/mol. The normalized spacial score (nSPS) is 11.1. The van der Waals surface area contributed by atoms with Crippen molar-refractivity contribution < 1.29 is 17.7 Å². The van der Waals surface area contributed by atoms with Gasteiger partial charge in [0.05, 0.1) is 16.2 Å². The molecule has 9 heteroatoms. The van der Waals surface area contributed by atoms with Crippen LogP contribution in [-0.4, -0.2) is 18.3 Å². The lowest BCUT2D eigenvalue weighted by Crippen LogP contribution is -2.17. The Kier molecular flexibility index (Phi) is 3.85. The fraction of sp³-hybridized carbons (Fsp3) is 0.0833. The van der Waals surface area contributed by atoms with E-state index in [1.54, 1.807) is 0 Å². The van der Waals surface area contributed by atoms with E-state index >= 15 is 0 Å². The summed E-state index contributed by atoms with van der Waals surface area (Å²) >= 11 is 0. The number of benzene rings is 1. The maximum absolute atomic E-state index is 13.5. The molecule has 2 aromatic rings. The number of pyridine rings is 1. The van der Waals surface area contributed by atoms with Crippen LogP contribution in [0.25, 0.3) is 0 Å². The number of nitrogens with one attached hydrogen (secondary N) is 1. The number of rotatable bonds is 4. The molecule has 7 nitrogen and oxygen atoms in total. The lowest BCUT2D eigenvalue weighted by atomic mass is 10.2. The maximum atomic E-state index is 13.5. The SMILES string of the molecule is Cc1c(NS(=O)(=O)c2ncccc2F)cccc1[N+](=O)[O-].